The SMILES string of the molecule is O=C(NCCOc1ccccc1F)NCc1ccccc1Cl. The standard InChI is InChI=1S/C16H16ClFN2O2/c17-13-6-2-1-5-12(13)11-20-16(21)19-9-10-22-15-8-4-3-7-14(15)18/h1-8H,9-11H2,(H2,19,20,21). The maximum Gasteiger partial charge on any atom is 0.315 e. The van der Waals surface area contributed by atoms with Crippen LogP contribution >= 0.6 is 11.6 Å². The molecule has 2 rings (SSSR count). The summed E-state index contributed by atoms with van der Waals surface area (Å²) >= 11 is 5.99. The van der Waals surface area contributed by atoms with Gasteiger partial charge in [-0.25, -0.2) is 9.18 Å². The molecule has 6 heteroatoms. The molecule has 2 aromatic carbocycles. The van der Waals surface area contributed by atoms with E-state index in [1.807, 2.05) is 18.2 Å². The lowest BCUT2D eigenvalue weighted by molar-refractivity contribution is 0.235. The first kappa shape index (κ1) is 16.1. The van der Waals surface area contributed by atoms with Crippen molar-refractivity contribution in [3.63, 3.8) is 0 Å². The Morgan fingerprint density at radius 3 is 2.59 bits per heavy atom. The third-order valence-corrected chi connectivity index (χ3v) is 3.25. The number of rotatable bonds is 6. The van der Waals surface area contributed by atoms with Crippen LogP contribution in [-0.4, -0.2) is 19.2 Å². The Morgan fingerprint density at radius 2 is 1.82 bits per heavy atom. The molecule has 0 bridgehead atoms. The van der Waals surface area contributed by atoms with Crippen LogP contribution in [0.15, 0.2) is 48.5 Å². The summed E-state index contributed by atoms with van der Waals surface area (Å²) in [5.41, 5.74) is 0.835. The number of nitrogens with one attached hydrogen (secondary N) is 2. The van der Waals surface area contributed by atoms with Gasteiger partial charge >= 0.3 is 6.03 Å². The third kappa shape index (κ3) is 4.93. The van der Waals surface area contributed by atoms with Crippen LogP contribution in [0.4, 0.5) is 9.18 Å². The lowest BCUT2D eigenvalue weighted by Crippen LogP contribution is -2.37. The number of amides is 2. The summed E-state index contributed by atoms with van der Waals surface area (Å²) in [6, 6.07) is 13.1. The molecule has 0 aliphatic carbocycles. The van der Waals surface area contributed by atoms with Gasteiger partial charge in [0.1, 0.15) is 6.61 Å². The molecule has 2 amide bonds. The van der Waals surface area contributed by atoms with Crippen molar-refractivity contribution in [2.75, 3.05) is 13.2 Å². The van der Waals surface area contributed by atoms with E-state index in [1.165, 1.54) is 12.1 Å². The van der Waals surface area contributed by atoms with Crippen molar-refractivity contribution in [3.8, 4) is 5.75 Å². The van der Waals surface area contributed by atoms with Crippen molar-refractivity contribution in [1.29, 1.82) is 0 Å². The second kappa shape index (κ2) is 8.24. The van der Waals surface area contributed by atoms with Gasteiger partial charge in [0.05, 0.1) is 6.54 Å². The van der Waals surface area contributed by atoms with Gasteiger partial charge in [0.25, 0.3) is 0 Å². The molecule has 0 aliphatic rings. The molecule has 4 nitrogen and oxygen atoms in total. The van der Waals surface area contributed by atoms with Crippen molar-refractivity contribution < 1.29 is 13.9 Å². The van der Waals surface area contributed by atoms with Crippen molar-refractivity contribution >= 4 is 17.6 Å². The van der Waals surface area contributed by atoms with Gasteiger partial charge in [-0.1, -0.05) is 41.9 Å². The maximum absolute atomic E-state index is 13.3. The number of para-hydroxylation sites is 1. The Hall–Kier alpha value is -2.27. The Labute approximate surface area is 133 Å². The zero-order chi connectivity index (χ0) is 15.8. The van der Waals surface area contributed by atoms with Crippen molar-refractivity contribution in [2.24, 2.45) is 0 Å². The highest BCUT2D eigenvalue weighted by Gasteiger charge is 2.04. The van der Waals surface area contributed by atoms with Gasteiger partial charge in [0.2, 0.25) is 0 Å². The topological polar surface area (TPSA) is 50.4 Å². The summed E-state index contributed by atoms with van der Waals surface area (Å²) in [5.74, 6) is -0.258. The fraction of sp³-hybridized carbons (Fsp3) is 0.188. The number of ether oxygens (including phenoxy) is 1. The number of carbonyl (C=O) groups excluding carboxylic acids is 1. The maximum atomic E-state index is 13.3. The first-order valence-corrected chi connectivity index (χ1v) is 7.17. The summed E-state index contributed by atoms with van der Waals surface area (Å²) in [6.45, 7) is 0.781. The molecule has 0 fully saturated rings. The molecule has 0 saturated heterocycles. The summed E-state index contributed by atoms with van der Waals surface area (Å²) in [7, 11) is 0. The Kier molecular flexibility index (Phi) is 6.03. The van der Waals surface area contributed by atoms with E-state index in [0.717, 1.165) is 5.56 Å². The summed E-state index contributed by atoms with van der Waals surface area (Å²) in [4.78, 5) is 11.6. The average Bonchev–Trinajstić information content (AvgIpc) is 2.52. The molecule has 2 aromatic rings. The van der Waals surface area contributed by atoms with Gasteiger partial charge in [-0.2, -0.15) is 0 Å². The molecule has 0 unspecified atom stereocenters. The first-order chi connectivity index (χ1) is 10.7. The van der Waals surface area contributed by atoms with Gasteiger partial charge in [0, 0.05) is 11.6 Å². The van der Waals surface area contributed by atoms with Crippen LogP contribution in [-0.2, 0) is 6.54 Å². The molecular formula is C16H16ClFN2O2. The predicted molar refractivity (Wildman–Crippen MR) is 83.6 cm³/mol. The first-order valence-electron chi connectivity index (χ1n) is 6.79. The van der Waals surface area contributed by atoms with Crippen molar-refractivity contribution in [3.05, 3.63) is 64.9 Å². The predicted octanol–water partition coefficient (Wildman–Crippen LogP) is 3.36. The number of hydrogen-bond acceptors (Lipinski definition) is 2. The number of halogens is 2. The van der Waals surface area contributed by atoms with Gasteiger partial charge < -0.3 is 15.4 Å². The lowest BCUT2D eigenvalue weighted by Gasteiger charge is -2.10. The third-order valence-electron chi connectivity index (χ3n) is 2.88. The van der Waals surface area contributed by atoms with E-state index in [2.05, 4.69) is 10.6 Å². The molecule has 22 heavy (non-hydrogen) atoms. The van der Waals surface area contributed by atoms with Gasteiger partial charge in [-0.15, -0.1) is 0 Å². The van der Waals surface area contributed by atoms with Crippen LogP contribution in [0.3, 0.4) is 0 Å². The molecule has 116 valence electrons. The molecule has 0 aromatic heterocycles. The van der Waals surface area contributed by atoms with E-state index in [1.54, 1.807) is 18.2 Å². The summed E-state index contributed by atoms with van der Waals surface area (Å²) in [6.07, 6.45) is 0. The van der Waals surface area contributed by atoms with Crippen LogP contribution in [0, 0.1) is 5.82 Å². The van der Waals surface area contributed by atoms with Gasteiger partial charge in [0.15, 0.2) is 11.6 Å². The van der Waals surface area contributed by atoms with E-state index in [4.69, 9.17) is 16.3 Å². The molecule has 0 atom stereocenters. The summed E-state index contributed by atoms with van der Waals surface area (Å²) < 4.78 is 18.5. The second-order valence-electron chi connectivity index (χ2n) is 4.48. The minimum absolute atomic E-state index is 0.167. The number of hydrogen-bond donors (Lipinski definition) is 2. The molecule has 2 N–H and O–H groups in total. The molecular weight excluding hydrogens is 307 g/mol. The summed E-state index contributed by atoms with van der Waals surface area (Å²) in [5, 5.41) is 5.91. The van der Waals surface area contributed by atoms with Gasteiger partial charge in [-0.05, 0) is 23.8 Å². The van der Waals surface area contributed by atoms with E-state index in [-0.39, 0.29) is 24.9 Å². The quantitative estimate of drug-likeness (QED) is 0.801. The molecule has 0 heterocycles. The molecule has 0 aliphatic heterocycles. The zero-order valence-corrected chi connectivity index (χ0v) is 12.6. The highest BCUT2D eigenvalue weighted by molar-refractivity contribution is 6.31. The Morgan fingerprint density at radius 1 is 1.09 bits per heavy atom. The normalized spacial score (nSPS) is 10.1. The second-order valence-corrected chi connectivity index (χ2v) is 4.89. The van der Waals surface area contributed by atoms with E-state index < -0.39 is 5.82 Å². The van der Waals surface area contributed by atoms with Crippen LogP contribution in [0.25, 0.3) is 0 Å². The van der Waals surface area contributed by atoms with Crippen LogP contribution < -0.4 is 15.4 Å². The van der Waals surface area contributed by atoms with Crippen LogP contribution in [0.5, 0.6) is 5.75 Å². The fourth-order valence-electron chi connectivity index (χ4n) is 1.77. The van der Waals surface area contributed by atoms with Crippen LogP contribution in [0.2, 0.25) is 5.02 Å². The van der Waals surface area contributed by atoms with E-state index in [9.17, 15) is 9.18 Å². The smallest absolute Gasteiger partial charge is 0.315 e. The average molecular weight is 323 g/mol. The minimum Gasteiger partial charge on any atom is -0.489 e. The minimum atomic E-state index is -0.425. The number of urea groups is 1. The largest absolute Gasteiger partial charge is 0.489 e. The van der Waals surface area contributed by atoms with E-state index >= 15 is 0 Å². The highest BCUT2D eigenvalue weighted by Crippen LogP contribution is 2.15. The lowest BCUT2D eigenvalue weighted by atomic mass is 10.2. The zero-order valence-electron chi connectivity index (χ0n) is 11.8. The van der Waals surface area contributed by atoms with E-state index in [0.29, 0.717) is 11.6 Å². The Balaban J connectivity index is 1.66. The monoisotopic (exact) mass is 322 g/mol. The number of benzene rings is 2. The van der Waals surface area contributed by atoms with Crippen molar-refractivity contribution in [2.45, 2.75) is 6.54 Å². The van der Waals surface area contributed by atoms with Gasteiger partial charge in [-0.3, -0.25) is 0 Å². The fourth-order valence-corrected chi connectivity index (χ4v) is 1.97. The van der Waals surface area contributed by atoms with Crippen molar-refractivity contribution in [1.82, 2.24) is 10.6 Å². The number of carbonyl (C=O) groups is 1. The highest BCUT2D eigenvalue weighted by atomic mass is 35.5. The molecule has 0 spiro atoms. The molecule has 0 radical (unpaired) electrons. The Bertz CT molecular complexity index is 637. The van der Waals surface area contributed by atoms with Crippen LogP contribution in [0.1, 0.15) is 5.56 Å². The molecule has 0 saturated carbocycles.